The Hall–Kier alpha value is -3.72. The summed E-state index contributed by atoms with van der Waals surface area (Å²) >= 11 is 1.27. The number of piperidine rings is 1. The van der Waals surface area contributed by atoms with Gasteiger partial charge in [0.25, 0.3) is 12.3 Å². The van der Waals surface area contributed by atoms with Gasteiger partial charge in [0, 0.05) is 35.7 Å². The van der Waals surface area contributed by atoms with Crippen LogP contribution in [0.2, 0.25) is 0 Å². The molecule has 2 aromatic rings. The zero-order valence-electron chi connectivity index (χ0n) is 20.8. The fraction of sp³-hybridized carbons (Fsp3) is 0.423. The molecule has 2 aromatic heterocycles. The van der Waals surface area contributed by atoms with Crippen LogP contribution >= 0.6 is 11.8 Å². The fourth-order valence-electron chi connectivity index (χ4n) is 4.22. The molecule has 1 saturated carbocycles. The molecule has 4 heterocycles. The predicted molar refractivity (Wildman–Crippen MR) is 140 cm³/mol. The number of amidine groups is 1. The Balaban J connectivity index is 1.49. The molecule has 38 heavy (non-hydrogen) atoms. The van der Waals surface area contributed by atoms with E-state index >= 15 is 0 Å². The van der Waals surface area contributed by atoms with E-state index in [2.05, 4.69) is 37.7 Å². The van der Waals surface area contributed by atoms with E-state index in [9.17, 15) is 18.4 Å². The van der Waals surface area contributed by atoms with Crippen molar-refractivity contribution in [2.75, 3.05) is 18.6 Å². The summed E-state index contributed by atoms with van der Waals surface area (Å²) in [6, 6.07) is 2.75. The lowest BCUT2D eigenvalue weighted by Crippen LogP contribution is -2.40. The third-order valence-corrected chi connectivity index (χ3v) is 7.34. The normalized spacial score (nSPS) is 20.9. The molecule has 0 spiro atoms. The van der Waals surface area contributed by atoms with Crippen molar-refractivity contribution in [3.63, 3.8) is 0 Å². The van der Waals surface area contributed by atoms with E-state index in [1.54, 1.807) is 11.0 Å². The van der Waals surface area contributed by atoms with Crippen LogP contribution in [0.3, 0.4) is 0 Å². The number of methoxy groups -OCH3 is 1. The molecule has 9 nitrogen and oxygen atoms in total. The quantitative estimate of drug-likeness (QED) is 0.553. The van der Waals surface area contributed by atoms with Gasteiger partial charge in [-0.1, -0.05) is 18.8 Å². The summed E-state index contributed by atoms with van der Waals surface area (Å²) in [7, 11) is 1.39. The molecule has 2 atom stereocenters. The van der Waals surface area contributed by atoms with Crippen molar-refractivity contribution in [2.24, 2.45) is 16.9 Å². The summed E-state index contributed by atoms with van der Waals surface area (Å²) < 4.78 is 32.5. The Morgan fingerprint density at radius 2 is 2.03 bits per heavy atom. The molecule has 0 bridgehead atoms. The Morgan fingerprint density at radius 1 is 1.21 bits per heavy atom. The summed E-state index contributed by atoms with van der Waals surface area (Å²) in [5.74, 6) is 6.43. The highest BCUT2D eigenvalue weighted by atomic mass is 32.2. The molecule has 0 radical (unpaired) electrons. The predicted octanol–water partition coefficient (Wildman–Crippen LogP) is 3.93. The molecular weight excluding hydrogens is 514 g/mol. The number of anilines is 1. The van der Waals surface area contributed by atoms with Crippen LogP contribution in [0.15, 0.2) is 29.6 Å². The number of pyridine rings is 2. The molecule has 2 fully saturated rings. The van der Waals surface area contributed by atoms with E-state index < -0.39 is 18.0 Å². The van der Waals surface area contributed by atoms with E-state index in [1.807, 2.05) is 6.92 Å². The lowest BCUT2D eigenvalue weighted by molar-refractivity contribution is -0.123. The van der Waals surface area contributed by atoms with Crippen molar-refractivity contribution in [3.05, 3.63) is 35.8 Å². The molecule has 2 aliphatic heterocycles. The first-order chi connectivity index (χ1) is 18.3. The van der Waals surface area contributed by atoms with Gasteiger partial charge in [-0.05, 0) is 49.6 Å². The van der Waals surface area contributed by atoms with Gasteiger partial charge in [0.15, 0.2) is 10.5 Å². The number of amides is 2. The number of hydrogen-bond acceptors (Lipinski definition) is 8. The second kappa shape index (κ2) is 10.9. The fourth-order valence-corrected chi connectivity index (χ4v) is 4.93. The SMILES string of the molecule is COc1cnc(C(F)F)cc1-c1cc(N2CCCC(C)C2=O)ncc1C(=O)NC1=NNC(C#CC2CC2)S1. The standard InChI is InChI=1S/C26H26F2N6O3S/c1-14-4-3-9-34(25(14)36)21-11-16(17-10-19(23(27)28)29-13-20(17)37-2)18(12-30-21)24(35)31-26-33-32-22(38-26)8-7-15-5-6-15/h10-15,22-23,32H,3-6,9H2,1-2H3,(H,31,33,35). The maximum absolute atomic E-state index is 13.6. The Morgan fingerprint density at radius 3 is 2.76 bits per heavy atom. The number of alkyl halides is 2. The molecule has 2 unspecified atom stereocenters. The van der Waals surface area contributed by atoms with Gasteiger partial charge in [0.05, 0.1) is 18.9 Å². The van der Waals surface area contributed by atoms with Gasteiger partial charge in [-0.2, -0.15) is 5.10 Å². The third-order valence-electron chi connectivity index (χ3n) is 6.47. The summed E-state index contributed by atoms with van der Waals surface area (Å²) in [4.78, 5) is 36.0. The highest BCUT2D eigenvalue weighted by Crippen LogP contribution is 2.37. The minimum Gasteiger partial charge on any atom is -0.494 e. The van der Waals surface area contributed by atoms with Gasteiger partial charge in [-0.3, -0.25) is 30.2 Å². The molecule has 1 saturated heterocycles. The highest BCUT2D eigenvalue weighted by molar-refractivity contribution is 8.14. The number of hydrogen-bond donors (Lipinski definition) is 2. The smallest absolute Gasteiger partial charge is 0.280 e. The zero-order valence-corrected chi connectivity index (χ0v) is 21.6. The number of carbonyl (C=O) groups is 2. The Bertz CT molecular complexity index is 1350. The average Bonchev–Trinajstić information content (AvgIpc) is 3.65. The second-order valence-electron chi connectivity index (χ2n) is 9.29. The van der Waals surface area contributed by atoms with Crippen molar-refractivity contribution < 1.29 is 23.1 Å². The molecule has 0 aromatic carbocycles. The number of rotatable bonds is 5. The van der Waals surface area contributed by atoms with Crippen LogP contribution < -0.4 is 20.4 Å². The minimum atomic E-state index is -2.83. The van der Waals surface area contributed by atoms with Gasteiger partial charge < -0.3 is 4.74 Å². The molecule has 198 valence electrons. The summed E-state index contributed by atoms with van der Waals surface area (Å²) in [5.41, 5.74) is 3.03. The van der Waals surface area contributed by atoms with Crippen LogP contribution in [0.4, 0.5) is 14.6 Å². The first-order valence-corrected chi connectivity index (χ1v) is 13.2. The second-order valence-corrected chi connectivity index (χ2v) is 10.4. The third kappa shape index (κ3) is 5.57. The van der Waals surface area contributed by atoms with Crippen molar-refractivity contribution in [1.29, 1.82) is 0 Å². The topological polar surface area (TPSA) is 109 Å². The van der Waals surface area contributed by atoms with Gasteiger partial charge in [-0.25, -0.2) is 13.8 Å². The van der Waals surface area contributed by atoms with Crippen molar-refractivity contribution in [1.82, 2.24) is 20.7 Å². The summed E-state index contributed by atoms with van der Waals surface area (Å²) in [6.07, 6.45) is 3.49. The number of hydrazone groups is 1. The lowest BCUT2D eigenvalue weighted by Gasteiger charge is -2.30. The number of nitrogens with one attached hydrogen (secondary N) is 2. The van der Waals surface area contributed by atoms with Crippen LogP contribution in [0.1, 0.15) is 55.1 Å². The van der Waals surface area contributed by atoms with Crippen LogP contribution in [0.25, 0.3) is 11.1 Å². The van der Waals surface area contributed by atoms with Crippen LogP contribution in [0.5, 0.6) is 5.75 Å². The first-order valence-electron chi connectivity index (χ1n) is 12.3. The van der Waals surface area contributed by atoms with Gasteiger partial charge in [-0.15, -0.1) is 0 Å². The van der Waals surface area contributed by atoms with E-state index in [1.165, 1.54) is 37.3 Å². The number of thioether (sulfide) groups is 1. The number of halogens is 2. The maximum Gasteiger partial charge on any atom is 0.280 e. The average molecular weight is 541 g/mol. The van der Waals surface area contributed by atoms with Crippen LogP contribution in [-0.2, 0) is 4.79 Å². The monoisotopic (exact) mass is 540 g/mol. The van der Waals surface area contributed by atoms with E-state index in [0.717, 1.165) is 25.7 Å². The summed E-state index contributed by atoms with van der Waals surface area (Å²) in [5, 5.41) is 6.96. The van der Waals surface area contributed by atoms with E-state index in [-0.39, 0.29) is 39.6 Å². The highest BCUT2D eigenvalue weighted by Gasteiger charge is 2.30. The van der Waals surface area contributed by atoms with Crippen molar-refractivity contribution in [3.8, 4) is 28.7 Å². The molecular formula is C26H26F2N6O3S. The molecule has 3 aliphatic rings. The lowest BCUT2D eigenvalue weighted by atomic mass is 9.97. The molecule has 2 amide bonds. The molecule has 2 N–H and O–H groups in total. The molecule has 12 heteroatoms. The van der Waals surface area contributed by atoms with Crippen LogP contribution in [-0.4, -0.2) is 46.0 Å². The van der Waals surface area contributed by atoms with Gasteiger partial charge in [0.1, 0.15) is 17.3 Å². The number of ether oxygens (including phenoxy) is 1. The summed E-state index contributed by atoms with van der Waals surface area (Å²) in [6.45, 7) is 2.33. The number of nitrogens with zero attached hydrogens (tertiary/aromatic N) is 4. The van der Waals surface area contributed by atoms with E-state index in [0.29, 0.717) is 23.4 Å². The van der Waals surface area contributed by atoms with Gasteiger partial charge in [0.2, 0.25) is 5.91 Å². The number of aromatic nitrogens is 2. The Labute approximate surface area is 222 Å². The first kappa shape index (κ1) is 25.9. The number of carbonyl (C=O) groups excluding carboxylic acids is 2. The van der Waals surface area contributed by atoms with Crippen LogP contribution in [0, 0.1) is 23.7 Å². The maximum atomic E-state index is 13.6. The van der Waals surface area contributed by atoms with Gasteiger partial charge >= 0.3 is 0 Å². The van der Waals surface area contributed by atoms with Crippen molar-refractivity contribution >= 4 is 34.6 Å². The zero-order chi connectivity index (χ0) is 26.8. The Kier molecular flexibility index (Phi) is 7.46. The van der Waals surface area contributed by atoms with E-state index in [4.69, 9.17) is 4.74 Å². The minimum absolute atomic E-state index is 0.0806. The molecule has 5 rings (SSSR count). The van der Waals surface area contributed by atoms with Crippen molar-refractivity contribution in [2.45, 2.75) is 44.4 Å². The molecule has 1 aliphatic carbocycles. The largest absolute Gasteiger partial charge is 0.494 e.